The first kappa shape index (κ1) is 15.8. The van der Waals surface area contributed by atoms with Gasteiger partial charge in [0.2, 0.25) is 5.91 Å². The van der Waals surface area contributed by atoms with Crippen molar-refractivity contribution in [2.45, 2.75) is 58.5 Å². The molecule has 1 amide bonds. The monoisotopic (exact) mass is 282 g/mol. The summed E-state index contributed by atoms with van der Waals surface area (Å²) >= 11 is 0. The summed E-state index contributed by atoms with van der Waals surface area (Å²) in [5, 5.41) is 3.33. The Labute approximate surface area is 123 Å². The number of rotatable bonds is 6. The summed E-state index contributed by atoms with van der Waals surface area (Å²) in [6.45, 7) is 9.06. The van der Waals surface area contributed by atoms with Crippen LogP contribution in [0.4, 0.5) is 0 Å². The number of carbonyl (C=O) groups excluding carboxylic acids is 1. The van der Waals surface area contributed by atoms with Crippen LogP contribution in [-0.2, 0) is 9.53 Å². The normalized spacial score (nSPS) is 23.2. The van der Waals surface area contributed by atoms with Crippen molar-refractivity contribution in [2.24, 2.45) is 5.41 Å². The fourth-order valence-electron chi connectivity index (χ4n) is 3.41. The smallest absolute Gasteiger partial charge is 0.224 e. The molecule has 0 saturated carbocycles. The van der Waals surface area contributed by atoms with Crippen LogP contribution in [-0.4, -0.2) is 49.7 Å². The molecule has 0 aromatic heterocycles. The second-order valence-corrected chi connectivity index (χ2v) is 6.34. The van der Waals surface area contributed by atoms with Crippen molar-refractivity contribution in [3.8, 4) is 0 Å². The molecule has 2 aliphatic rings. The van der Waals surface area contributed by atoms with E-state index in [9.17, 15) is 4.79 Å². The zero-order valence-electron chi connectivity index (χ0n) is 13.1. The van der Waals surface area contributed by atoms with Crippen LogP contribution in [0.15, 0.2) is 0 Å². The maximum atomic E-state index is 12.2. The minimum absolute atomic E-state index is 0.280. The number of hydrogen-bond donors (Lipinski definition) is 1. The lowest BCUT2D eigenvalue weighted by molar-refractivity contribution is -0.132. The summed E-state index contributed by atoms with van der Waals surface area (Å²) in [5.74, 6) is 0.280. The Hall–Kier alpha value is -0.610. The number of ether oxygens (including phenoxy) is 1. The molecule has 2 heterocycles. The van der Waals surface area contributed by atoms with E-state index in [1.54, 1.807) is 0 Å². The molecule has 2 rings (SSSR count). The van der Waals surface area contributed by atoms with Gasteiger partial charge >= 0.3 is 0 Å². The molecule has 0 radical (unpaired) electrons. The van der Waals surface area contributed by atoms with E-state index < -0.39 is 0 Å². The Bertz CT molecular complexity index is 310. The molecule has 1 N–H and O–H groups in total. The molecule has 2 aliphatic heterocycles. The van der Waals surface area contributed by atoms with Gasteiger partial charge in [-0.05, 0) is 50.6 Å². The van der Waals surface area contributed by atoms with E-state index in [0.717, 1.165) is 39.0 Å². The molecule has 0 aromatic rings. The number of likely N-dealkylation sites (tertiary alicyclic amines) is 1. The molecule has 0 aromatic carbocycles. The van der Waals surface area contributed by atoms with Gasteiger partial charge in [0.25, 0.3) is 0 Å². The molecule has 2 saturated heterocycles. The van der Waals surface area contributed by atoms with Gasteiger partial charge in [-0.15, -0.1) is 0 Å². The molecule has 0 bridgehead atoms. The first-order valence-electron chi connectivity index (χ1n) is 8.29. The van der Waals surface area contributed by atoms with Gasteiger partial charge in [-0.3, -0.25) is 4.79 Å². The van der Waals surface area contributed by atoms with Crippen LogP contribution in [0.1, 0.15) is 52.4 Å². The quantitative estimate of drug-likeness (QED) is 0.812. The van der Waals surface area contributed by atoms with Crippen LogP contribution in [0.5, 0.6) is 0 Å². The van der Waals surface area contributed by atoms with Gasteiger partial charge in [-0.2, -0.15) is 0 Å². The number of piperidine rings is 1. The highest BCUT2D eigenvalue weighted by atomic mass is 16.5. The molecule has 20 heavy (non-hydrogen) atoms. The molecule has 0 aliphatic carbocycles. The van der Waals surface area contributed by atoms with Gasteiger partial charge in [-0.25, -0.2) is 0 Å². The third-order valence-corrected chi connectivity index (χ3v) is 5.25. The topological polar surface area (TPSA) is 41.6 Å². The molecule has 2 fully saturated rings. The highest BCUT2D eigenvalue weighted by Crippen LogP contribution is 2.37. The molecular formula is C16H30N2O2. The fourth-order valence-corrected chi connectivity index (χ4v) is 3.41. The van der Waals surface area contributed by atoms with Crippen molar-refractivity contribution in [3.05, 3.63) is 0 Å². The van der Waals surface area contributed by atoms with Crippen molar-refractivity contribution in [2.75, 3.05) is 32.8 Å². The number of amides is 1. The summed E-state index contributed by atoms with van der Waals surface area (Å²) in [6, 6.07) is 0. The summed E-state index contributed by atoms with van der Waals surface area (Å²) < 4.78 is 5.83. The lowest BCUT2D eigenvalue weighted by Crippen LogP contribution is -2.34. The summed E-state index contributed by atoms with van der Waals surface area (Å²) in [4.78, 5) is 14.3. The third kappa shape index (κ3) is 3.95. The van der Waals surface area contributed by atoms with E-state index in [-0.39, 0.29) is 5.91 Å². The van der Waals surface area contributed by atoms with E-state index in [1.807, 2.05) is 0 Å². The predicted molar refractivity (Wildman–Crippen MR) is 80.7 cm³/mol. The lowest BCUT2D eigenvalue weighted by atomic mass is 9.82. The first-order chi connectivity index (χ1) is 9.69. The van der Waals surface area contributed by atoms with Crippen molar-refractivity contribution in [3.63, 3.8) is 0 Å². The Morgan fingerprint density at radius 1 is 1.30 bits per heavy atom. The van der Waals surface area contributed by atoms with Crippen molar-refractivity contribution >= 4 is 5.91 Å². The summed E-state index contributed by atoms with van der Waals surface area (Å²) in [7, 11) is 0. The highest BCUT2D eigenvalue weighted by molar-refractivity contribution is 5.76. The lowest BCUT2D eigenvalue weighted by Gasteiger charge is -2.26. The maximum absolute atomic E-state index is 12.2. The van der Waals surface area contributed by atoms with Gasteiger partial charge < -0.3 is 15.0 Å². The van der Waals surface area contributed by atoms with Crippen LogP contribution in [0.3, 0.4) is 0 Å². The highest BCUT2D eigenvalue weighted by Gasteiger charge is 2.36. The van der Waals surface area contributed by atoms with Crippen molar-refractivity contribution < 1.29 is 9.53 Å². The van der Waals surface area contributed by atoms with Crippen LogP contribution in [0.25, 0.3) is 0 Å². The SMILES string of the molecule is CCC1(CC)CCN(C(=O)CCOC2CCNCC2)C1. The van der Waals surface area contributed by atoms with Gasteiger partial charge in [0.15, 0.2) is 0 Å². The number of nitrogens with zero attached hydrogens (tertiary/aromatic N) is 1. The van der Waals surface area contributed by atoms with E-state index in [2.05, 4.69) is 24.1 Å². The van der Waals surface area contributed by atoms with Gasteiger partial charge in [0.05, 0.1) is 19.1 Å². The Balaban J connectivity index is 1.67. The second-order valence-electron chi connectivity index (χ2n) is 6.34. The minimum Gasteiger partial charge on any atom is -0.378 e. The average Bonchev–Trinajstić information content (AvgIpc) is 2.93. The second kappa shape index (κ2) is 7.41. The predicted octanol–water partition coefficient (Wildman–Crippen LogP) is 2.18. The Morgan fingerprint density at radius 3 is 2.60 bits per heavy atom. The minimum atomic E-state index is 0.280. The zero-order chi connectivity index (χ0) is 14.4. The van der Waals surface area contributed by atoms with Gasteiger partial charge in [0, 0.05) is 13.1 Å². The van der Waals surface area contributed by atoms with Crippen LogP contribution in [0, 0.1) is 5.41 Å². The van der Waals surface area contributed by atoms with E-state index in [0.29, 0.717) is 24.5 Å². The number of carbonyl (C=O) groups is 1. The molecule has 0 unspecified atom stereocenters. The van der Waals surface area contributed by atoms with E-state index in [4.69, 9.17) is 4.74 Å². The summed E-state index contributed by atoms with van der Waals surface area (Å²) in [6.07, 6.45) is 6.58. The molecule has 116 valence electrons. The molecule has 0 atom stereocenters. The third-order valence-electron chi connectivity index (χ3n) is 5.25. The summed E-state index contributed by atoms with van der Waals surface area (Å²) in [5.41, 5.74) is 0.381. The van der Waals surface area contributed by atoms with E-state index in [1.165, 1.54) is 19.3 Å². The van der Waals surface area contributed by atoms with Gasteiger partial charge in [-0.1, -0.05) is 13.8 Å². The molecule has 0 spiro atoms. The van der Waals surface area contributed by atoms with E-state index >= 15 is 0 Å². The van der Waals surface area contributed by atoms with Crippen LogP contribution in [0.2, 0.25) is 0 Å². The van der Waals surface area contributed by atoms with Crippen LogP contribution < -0.4 is 5.32 Å². The number of nitrogens with one attached hydrogen (secondary N) is 1. The molecule has 4 nitrogen and oxygen atoms in total. The fraction of sp³-hybridized carbons (Fsp3) is 0.938. The standard InChI is InChI=1S/C16H30N2O2/c1-3-16(4-2)8-11-18(13-16)15(19)7-12-20-14-5-9-17-10-6-14/h14,17H,3-13H2,1-2H3. The van der Waals surface area contributed by atoms with Gasteiger partial charge in [0.1, 0.15) is 0 Å². The maximum Gasteiger partial charge on any atom is 0.224 e. The average molecular weight is 282 g/mol. The Kier molecular flexibility index (Phi) is 5.85. The van der Waals surface area contributed by atoms with Crippen LogP contribution >= 0.6 is 0 Å². The molecular weight excluding hydrogens is 252 g/mol. The Morgan fingerprint density at radius 2 is 2.00 bits per heavy atom. The van der Waals surface area contributed by atoms with Crippen molar-refractivity contribution in [1.29, 1.82) is 0 Å². The zero-order valence-corrected chi connectivity index (χ0v) is 13.1. The molecule has 4 heteroatoms. The number of hydrogen-bond acceptors (Lipinski definition) is 3. The van der Waals surface area contributed by atoms with Crippen molar-refractivity contribution in [1.82, 2.24) is 10.2 Å². The first-order valence-corrected chi connectivity index (χ1v) is 8.29. The largest absolute Gasteiger partial charge is 0.378 e.